The fourth-order valence-corrected chi connectivity index (χ4v) is 3.80. The molecule has 0 saturated heterocycles. The molecule has 1 saturated carbocycles. The van der Waals surface area contributed by atoms with Crippen LogP contribution in [0.5, 0.6) is 0 Å². The molecule has 120 valence electrons. The van der Waals surface area contributed by atoms with Gasteiger partial charge in [0.25, 0.3) is 5.91 Å². The Labute approximate surface area is 139 Å². The first-order valence-corrected chi connectivity index (χ1v) is 9.06. The molecule has 1 aliphatic carbocycles. The maximum Gasteiger partial charge on any atom is 0.270 e. The summed E-state index contributed by atoms with van der Waals surface area (Å²) in [4.78, 5) is 22.8. The molecule has 6 heteroatoms. The lowest BCUT2D eigenvalue weighted by Gasteiger charge is -2.22. The number of amides is 1. The summed E-state index contributed by atoms with van der Waals surface area (Å²) in [5.41, 5.74) is 1.54. The molecular weight excluding hydrogens is 308 g/mol. The molecule has 0 spiro atoms. The monoisotopic (exact) mass is 328 g/mol. The second-order valence-electron chi connectivity index (χ2n) is 6.37. The fourth-order valence-electron chi connectivity index (χ4n) is 2.97. The van der Waals surface area contributed by atoms with E-state index in [1.165, 1.54) is 4.88 Å². The zero-order chi connectivity index (χ0) is 15.8. The summed E-state index contributed by atoms with van der Waals surface area (Å²) in [7, 11) is 0. The standard InChI is InChI=1S/C17H20N4OS/c1-10(9-12-3-2-8-23-12)19-16-13-6-7-18-17(22)14(13)20-15(21-16)11-4-5-11/h2-3,8,10-11H,4-7,9H2,1H3,(H,18,22)(H,19,20,21)/t10-/m1/s1. The first kappa shape index (κ1) is 14.6. The number of nitrogens with zero attached hydrogens (tertiary/aromatic N) is 2. The van der Waals surface area contributed by atoms with Crippen molar-refractivity contribution in [3.8, 4) is 0 Å². The lowest BCUT2D eigenvalue weighted by atomic mass is 10.1. The van der Waals surface area contributed by atoms with Crippen LogP contribution in [0.25, 0.3) is 0 Å². The highest BCUT2D eigenvalue weighted by molar-refractivity contribution is 7.09. The van der Waals surface area contributed by atoms with Crippen LogP contribution in [0.4, 0.5) is 5.82 Å². The van der Waals surface area contributed by atoms with E-state index in [2.05, 4.69) is 40.1 Å². The molecule has 1 atom stereocenters. The number of hydrogen-bond donors (Lipinski definition) is 2. The molecule has 0 bridgehead atoms. The Morgan fingerprint density at radius 3 is 3.04 bits per heavy atom. The molecule has 0 radical (unpaired) electrons. The van der Waals surface area contributed by atoms with Crippen molar-refractivity contribution < 1.29 is 4.79 Å². The molecule has 2 aromatic rings. The van der Waals surface area contributed by atoms with Crippen molar-refractivity contribution in [2.75, 3.05) is 11.9 Å². The number of rotatable bonds is 5. The maximum atomic E-state index is 12.1. The maximum absolute atomic E-state index is 12.1. The van der Waals surface area contributed by atoms with Gasteiger partial charge >= 0.3 is 0 Å². The molecule has 23 heavy (non-hydrogen) atoms. The zero-order valence-corrected chi connectivity index (χ0v) is 13.9. The molecule has 2 aromatic heterocycles. The fraction of sp³-hybridized carbons (Fsp3) is 0.471. The molecule has 1 aliphatic heterocycles. The Morgan fingerprint density at radius 2 is 2.30 bits per heavy atom. The van der Waals surface area contributed by atoms with E-state index in [4.69, 9.17) is 4.98 Å². The van der Waals surface area contributed by atoms with Crippen molar-refractivity contribution in [1.29, 1.82) is 0 Å². The molecule has 4 rings (SSSR count). The predicted octanol–water partition coefficient (Wildman–Crippen LogP) is 2.74. The van der Waals surface area contributed by atoms with Gasteiger partial charge in [-0.1, -0.05) is 6.07 Å². The second kappa shape index (κ2) is 5.92. The first-order valence-electron chi connectivity index (χ1n) is 8.18. The average molecular weight is 328 g/mol. The summed E-state index contributed by atoms with van der Waals surface area (Å²) < 4.78 is 0. The Morgan fingerprint density at radius 1 is 1.43 bits per heavy atom. The molecule has 3 heterocycles. The largest absolute Gasteiger partial charge is 0.367 e. The smallest absolute Gasteiger partial charge is 0.270 e. The van der Waals surface area contributed by atoms with Gasteiger partial charge in [0, 0.05) is 35.4 Å². The SMILES string of the molecule is C[C@H](Cc1cccs1)Nc1nc(C2CC2)nc2c1CCNC2=O. The number of nitrogens with one attached hydrogen (secondary N) is 2. The number of aromatic nitrogens is 2. The Kier molecular flexibility index (Phi) is 3.77. The van der Waals surface area contributed by atoms with Crippen molar-refractivity contribution in [2.24, 2.45) is 0 Å². The minimum absolute atomic E-state index is 0.0653. The van der Waals surface area contributed by atoms with E-state index in [9.17, 15) is 4.79 Å². The molecule has 1 fully saturated rings. The molecule has 1 amide bonds. The number of carbonyl (C=O) groups is 1. The van der Waals surface area contributed by atoms with Crippen LogP contribution in [-0.2, 0) is 12.8 Å². The molecule has 2 N–H and O–H groups in total. The minimum atomic E-state index is -0.0653. The van der Waals surface area contributed by atoms with Crippen LogP contribution in [-0.4, -0.2) is 28.5 Å². The van der Waals surface area contributed by atoms with E-state index in [1.807, 2.05) is 0 Å². The van der Waals surface area contributed by atoms with E-state index in [-0.39, 0.29) is 11.9 Å². The van der Waals surface area contributed by atoms with Crippen LogP contribution in [0.15, 0.2) is 17.5 Å². The quantitative estimate of drug-likeness (QED) is 0.886. The van der Waals surface area contributed by atoms with Crippen molar-refractivity contribution in [2.45, 2.75) is 44.6 Å². The van der Waals surface area contributed by atoms with Gasteiger partial charge in [-0.2, -0.15) is 0 Å². The highest BCUT2D eigenvalue weighted by atomic mass is 32.1. The highest BCUT2D eigenvalue weighted by Crippen LogP contribution is 2.39. The Balaban J connectivity index is 1.62. The number of thiophene rings is 1. The van der Waals surface area contributed by atoms with Crippen molar-refractivity contribution in [3.63, 3.8) is 0 Å². The summed E-state index contributed by atoms with van der Waals surface area (Å²) in [5.74, 6) is 2.05. The number of anilines is 1. The zero-order valence-electron chi connectivity index (χ0n) is 13.1. The van der Waals surface area contributed by atoms with Gasteiger partial charge in [0.15, 0.2) is 0 Å². The van der Waals surface area contributed by atoms with Gasteiger partial charge in [-0.15, -0.1) is 11.3 Å². The van der Waals surface area contributed by atoms with E-state index in [1.54, 1.807) is 11.3 Å². The third-order valence-electron chi connectivity index (χ3n) is 4.31. The Hall–Kier alpha value is -1.95. The van der Waals surface area contributed by atoms with Crippen molar-refractivity contribution in [3.05, 3.63) is 39.5 Å². The average Bonchev–Trinajstić information content (AvgIpc) is 3.26. The topological polar surface area (TPSA) is 66.9 Å². The summed E-state index contributed by atoms with van der Waals surface area (Å²) >= 11 is 1.77. The van der Waals surface area contributed by atoms with Gasteiger partial charge in [0.1, 0.15) is 17.3 Å². The van der Waals surface area contributed by atoms with Gasteiger partial charge < -0.3 is 10.6 Å². The van der Waals surface area contributed by atoms with Crippen LogP contribution >= 0.6 is 11.3 Å². The van der Waals surface area contributed by atoms with E-state index in [0.29, 0.717) is 18.2 Å². The van der Waals surface area contributed by atoms with E-state index < -0.39 is 0 Å². The van der Waals surface area contributed by atoms with Crippen molar-refractivity contribution in [1.82, 2.24) is 15.3 Å². The minimum Gasteiger partial charge on any atom is -0.367 e. The molecule has 0 aromatic carbocycles. The van der Waals surface area contributed by atoms with Crippen LogP contribution in [0.1, 0.15) is 52.4 Å². The molecular formula is C17H20N4OS. The van der Waals surface area contributed by atoms with Crippen molar-refractivity contribution >= 4 is 23.1 Å². The summed E-state index contributed by atoms with van der Waals surface area (Å²) in [5, 5.41) is 8.52. The van der Waals surface area contributed by atoms with Crippen LogP contribution in [0, 0.1) is 0 Å². The Bertz CT molecular complexity index is 724. The predicted molar refractivity (Wildman–Crippen MR) is 91.2 cm³/mol. The summed E-state index contributed by atoms with van der Waals surface area (Å²) in [6, 6.07) is 4.50. The summed E-state index contributed by atoms with van der Waals surface area (Å²) in [6.45, 7) is 2.82. The molecule has 0 unspecified atom stereocenters. The van der Waals surface area contributed by atoms with Gasteiger partial charge in [-0.05, 0) is 37.6 Å². The van der Waals surface area contributed by atoms with E-state index in [0.717, 1.165) is 42.9 Å². The van der Waals surface area contributed by atoms with Crippen LogP contribution in [0.3, 0.4) is 0 Å². The highest BCUT2D eigenvalue weighted by Gasteiger charge is 2.31. The van der Waals surface area contributed by atoms with Crippen LogP contribution in [0.2, 0.25) is 0 Å². The third-order valence-corrected chi connectivity index (χ3v) is 5.21. The second-order valence-corrected chi connectivity index (χ2v) is 7.40. The van der Waals surface area contributed by atoms with Crippen LogP contribution < -0.4 is 10.6 Å². The van der Waals surface area contributed by atoms with Gasteiger partial charge in [0.05, 0.1) is 0 Å². The lowest BCUT2D eigenvalue weighted by Crippen LogP contribution is -2.35. The van der Waals surface area contributed by atoms with E-state index >= 15 is 0 Å². The molecule has 2 aliphatic rings. The first-order chi connectivity index (χ1) is 11.2. The number of fused-ring (bicyclic) bond motifs is 1. The number of hydrogen-bond acceptors (Lipinski definition) is 5. The normalized spacial score (nSPS) is 18.2. The van der Waals surface area contributed by atoms with Gasteiger partial charge in [-0.3, -0.25) is 4.79 Å². The lowest BCUT2D eigenvalue weighted by molar-refractivity contribution is 0.0940. The number of carbonyl (C=O) groups excluding carboxylic acids is 1. The third kappa shape index (κ3) is 3.08. The van der Waals surface area contributed by atoms with Gasteiger partial charge in [0.2, 0.25) is 0 Å². The van der Waals surface area contributed by atoms with Gasteiger partial charge in [-0.25, -0.2) is 9.97 Å². The molecule has 5 nitrogen and oxygen atoms in total. The summed E-state index contributed by atoms with van der Waals surface area (Å²) in [6.07, 6.45) is 4.01.